The molecule has 0 bridgehead atoms. The topological polar surface area (TPSA) is 58.6 Å². The van der Waals surface area contributed by atoms with Crippen molar-refractivity contribution in [1.29, 1.82) is 0 Å². The van der Waals surface area contributed by atoms with Gasteiger partial charge in [0.25, 0.3) is 0 Å². The molecule has 21 heavy (non-hydrogen) atoms. The van der Waals surface area contributed by atoms with Gasteiger partial charge in [-0.3, -0.25) is 14.5 Å². The van der Waals surface area contributed by atoms with Crippen molar-refractivity contribution in [3.8, 4) is 0 Å². The fourth-order valence-corrected chi connectivity index (χ4v) is 2.65. The van der Waals surface area contributed by atoms with E-state index in [4.69, 9.17) is 4.74 Å². The Kier molecular flexibility index (Phi) is 5.75. The number of hydrogen-bond donors (Lipinski definition) is 1. The minimum Gasteiger partial charge on any atom is -0.468 e. The number of anilines is 1. The van der Waals surface area contributed by atoms with Crippen LogP contribution in [-0.4, -0.2) is 43.0 Å². The van der Waals surface area contributed by atoms with Gasteiger partial charge < -0.3 is 10.1 Å². The number of para-hydroxylation sites is 1. The molecule has 5 heteroatoms. The number of nitrogens with one attached hydrogen (secondary N) is 1. The summed E-state index contributed by atoms with van der Waals surface area (Å²) in [4.78, 5) is 25.8. The van der Waals surface area contributed by atoms with Gasteiger partial charge in [-0.25, -0.2) is 0 Å². The Morgan fingerprint density at radius 1 is 1.29 bits per heavy atom. The summed E-state index contributed by atoms with van der Waals surface area (Å²) in [5, 5.41) is 2.86. The van der Waals surface area contributed by atoms with Gasteiger partial charge in [0.2, 0.25) is 5.91 Å². The van der Waals surface area contributed by atoms with E-state index in [2.05, 4.69) is 10.2 Å². The lowest BCUT2D eigenvalue weighted by Crippen LogP contribution is -2.46. The molecule has 1 fully saturated rings. The molecular weight excluding hydrogens is 268 g/mol. The van der Waals surface area contributed by atoms with Gasteiger partial charge in [0.1, 0.15) is 6.04 Å². The number of likely N-dealkylation sites (tertiary alicyclic amines) is 1. The zero-order chi connectivity index (χ0) is 15.1. The first-order valence-corrected chi connectivity index (χ1v) is 7.37. The molecule has 0 aliphatic carbocycles. The van der Waals surface area contributed by atoms with Crippen LogP contribution in [0.15, 0.2) is 30.3 Å². The van der Waals surface area contributed by atoms with Gasteiger partial charge >= 0.3 is 5.97 Å². The minimum absolute atomic E-state index is 0.0320. The van der Waals surface area contributed by atoms with Crippen molar-refractivity contribution in [1.82, 2.24) is 4.90 Å². The fraction of sp³-hybridized carbons (Fsp3) is 0.500. The molecule has 1 saturated heterocycles. The number of esters is 1. The number of rotatable bonds is 5. The summed E-state index contributed by atoms with van der Waals surface area (Å²) in [7, 11) is 1.41. The van der Waals surface area contributed by atoms with Crippen molar-refractivity contribution in [2.24, 2.45) is 0 Å². The van der Waals surface area contributed by atoms with E-state index in [1.54, 1.807) is 0 Å². The van der Waals surface area contributed by atoms with Crippen molar-refractivity contribution in [2.75, 3.05) is 25.5 Å². The monoisotopic (exact) mass is 290 g/mol. The summed E-state index contributed by atoms with van der Waals surface area (Å²) in [5.74, 6) is -0.228. The molecular formula is C16H22N2O3. The lowest BCUT2D eigenvalue weighted by atomic mass is 10.0. The second kappa shape index (κ2) is 7.78. The van der Waals surface area contributed by atoms with Crippen LogP contribution in [0.25, 0.3) is 0 Å². The molecule has 1 atom stereocenters. The maximum Gasteiger partial charge on any atom is 0.323 e. The molecule has 114 valence electrons. The predicted molar refractivity (Wildman–Crippen MR) is 80.9 cm³/mol. The second-order valence-corrected chi connectivity index (χ2v) is 5.23. The summed E-state index contributed by atoms with van der Waals surface area (Å²) in [5.41, 5.74) is 0.797. The summed E-state index contributed by atoms with van der Waals surface area (Å²) in [6.07, 6.45) is 3.29. The lowest BCUT2D eigenvalue weighted by Gasteiger charge is -2.33. The molecule has 0 unspecified atom stereocenters. The van der Waals surface area contributed by atoms with Gasteiger partial charge in [-0.2, -0.15) is 0 Å². The Labute approximate surface area is 125 Å². The number of nitrogens with zero attached hydrogens (tertiary/aromatic N) is 1. The van der Waals surface area contributed by atoms with Crippen LogP contribution in [0.5, 0.6) is 0 Å². The van der Waals surface area contributed by atoms with Gasteiger partial charge in [0.05, 0.1) is 7.11 Å². The molecule has 1 heterocycles. The van der Waals surface area contributed by atoms with Crippen LogP contribution in [0.2, 0.25) is 0 Å². The average molecular weight is 290 g/mol. The van der Waals surface area contributed by atoms with Gasteiger partial charge in [-0.05, 0) is 31.5 Å². The third kappa shape index (κ3) is 4.56. The molecule has 0 aromatic heterocycles. The van der Waals surface area contributed by atoms with E-state index in [-0.39, 0.29) is 17.9 Å². The summed E-state index contributed by atoms with van der Waals surface area (Å²) < 4.78 is 4.84. The number of piperidine rings is 1. The maximum absolute atomic E-state index is 11.9. The van der Waals surface area contributed by atoms with E-state index in [0.717, 1.165) is 31.5 Å². The number of hydrogen-bond acceptors (Lipinski definition) is 4. The third-order valence-corrected chi connectivity index (χ3v) is 3.77. The van der Waals surface area contributed by atoms with Gasteiger partial charge in [-0.1, -0.05) is 24.6 Å². The van der Waals surface area contributed by atoms with E-state index in [1.807, 2.05) is 30.3 Å². The molecule has 2 rings (SSSR count). The van der Waals surface area contributed by atoms with Crippen molar-refractivity contribution >= 4 is 17.6 Å². The number of methoxy groups -OCH3 is 1. The number of benzene rings is 1. The maximum atomic E-state index is 11.9. The van der Waals surface area contributed by atoms with Gasteiger partial charge in [0.15, 0.2) is 0 Å². The van der Waals surface area contributed by atoms with Crippen LogP contribution in [0.4, 0.5) is 5.69 Å². The molecule has 1 N–H and O–H groups in total. The Morgan fingerprint density at radius 2 is 2.05 bits per heavy atom. The SMILES string of the molecule is COC(=O)[C@H]1CCCCN1CCC(=O)Nc1ccccc1. The molecule has 1 aliphatic rings. The van der Waals surface area contributed by atoms with Crippen LogP contribution in [0, 0.1) is 0 Å². The number of carbonyl (C=O) groups is 2. The fourth-order valence-electron chi connectivity index (χ4n) is 2.65. The first-order valence-electron chi connectivity index (χ1n) is 7.37. The molecule has 0 saturated carbocycles. The van der Waals surface area contributed by atoms with E-state index in [9.17, 15) is 9.59 Å². The Morgan fingerprint density at radius 3 is 2.76 bits per heavy atom. The van der Waals surface area contributed by atoms with Crippen molar-refractivity contribution in [2.45, 2.75) is 31.7 Å². The lowest BCUT2D eigenvalue weighted by molar-refractivity contribution is -0.148. The Balaban J connectivity index is 1.83. The molecule has 1 amide bonds. The van der Waals surface area contributed by atoms with Crippen LogP contribution < -0.4 is 5.32 Å². The van der Waals surface area contributed by atoms with Crippen molar-refractivity contribution in [3.05, 3.63) is 30.3 Å². The quantitative estimate of drug-likeness (QED) is 0.843. The zero-order valence-electron chi connectivity index (χ0n) is 12.4. The van der Waals surface area contributed by atoms with Crippen LogP contribution >= 0.6 is 0 Å². The summed E-state index contributed by atoms with van der Waals surface area (Å²) in [6, 6.07) is 9.19. The number of ether oxygens (including phenoxy) is 1. The second-order valence-electron chi connectivity index (χ2n) is 5.23. The van der Waals surface area contributed by atoms with E-state index < -0.39 is 0 Å². The van der Waals surface area contributed by atoms with Crippen LogP contribution in [-0.2, 0) is 14.3 Å². The number of carbonyl (C=O) groups excluding carboxylic acids is 2. The van der Waals surface area contributed by atoms with E-state index >= 15 is 0 Å². The zero-order valence-corrected chi connectivity index (χ0v) is 12.4. The highest BCUT2D eigenvalue weighted by Crippen LogP contribution is 2.18. The predicted octanol–water partition coefficient (Wildman–Crippen LogP) is 2.04. The highest BCUT2D eigenvalue weighted by Gasteiger charge is 2.29. The van der Waals surface area contributed by atoms with Gasteiger partial charge in [-0.15, -0.1) is 0 Å². The smallest absolute Gasteiger partial charge is 0.323 e. The Hall–Kier alpha value is -1.88. The first kappa shape index (κ1) is 15.5. The normalized spacial score (nSPS) is 19.0. The highest BCUT2D eigenvalue weighted by molar-refractivity contribution is 5.90. The van der Waals surface area contributed by atoms with E-state index in [1.165, 1.54) is 7.11 Å². The minimum atomic E-state index is -0.201. The standard InChI is InChI=1S/C16H22N2O3/c1-21-16(20)14-9-5-6-11-18(14)12-10-15(19)17-13-7-3-2-4-8-13/h2-4,7-8,14H,5-6,9-12H2,1H3,(H,17,19)/t14-/m1/s1. The van der Waals surface area contributed by atoms with Crippen molar-refractivity contribution < 1.29 is 14.3 Å². The largest absolute Gasteiger partial charge is 0.468 e. The molecule has 1 aromatic rings. The summed E-state index contributed by atoms with van der Waals surface area (Å²) >= 11 is 0. The molecule has 5 nitrogen and oxygen atoms in total. The van der Waals surface area contributed by atoms with E-state index in [0.29, 0.717) is 13.0 Å². The molecule has 0 radical (unpaired) electrons. The van der Waals surface area contributed by atoms with Crippen LogP contribution in [0.1, 0.15) is 25.7 Å². The molecule has 1 aliphatic heterocycles. The molecule has 1 aromatic carbocycles. The first-order chi connectivity index (χ1) is 10.2. The highest BCUT2D eigenvalue weighted by atomic mass is 16.5. The number of amides is 1. The van der Waals surface area contributed by atoms with Gasteiger partial charge in [0, 0.05) is 18.7 Å². The van der Waals surface area contributed by atoms with Crippen molar-refractivity contribution in [3.63, 3.8) is 0 Å². The third-order valence-electron chi connectivity index (χ3n) is 3.77. The Bertz CT molecular complexity index is 476. The average Bonchev–Trinajstić information content (AvgIpc) is 2.53. The summed E-state index contributed by atoms with van der Waals surface area (Å²) in [6.45, 7) is 1.43. The molecule has 0 spiro atoms. The van der Waals surface area contributed by atoms with Crippen LogP contribution in [0.3, 0.4) is 0 Å².